The van der Waals surface area contributed by atoms with Crippen LogP contribution in [0.15, 0.2) is 30.5 Å². The lowest BCUT2D eigenvalue weighted by atomic mass is 10.0. The average Bonchev–Trinajstić information content (AvgIpc) is 2.65. The summed E-state index contributed by atoms with van der Waals surface area (Å²) in [6.45, 7) is 9.07. The molecule has 0 saturated heterocycles. The van der Waals surface area contributed by atoms with Gasteiger partial charge in [0.05, 0.1) is 12.3 Å². The molecule has 0 aliphatic rings. The lowest BCUT2D eigenvalue weighted by Gasteiger charge is -2.27. The first-order valence-electron chi connectivity index (χ1n) is 9.01. The molecule has 1 amide bonds. The Morgan fingerprint density at radius 3 is 2.60 bits per heavy atom. The van der Waals surface area contributed by atoms with Crippen molar-refractivity contribution in [3.05, 3.63) is 30.5 Å². The van der Waals surface area contributed by atoms with E-state index in [1.165, 1.54) is 0 Å². The predicted octanol–water partition coefficient (Wildman–Crippen LogP) is 4.56. The zero-order chi connectivity index (χ0) is 18.3. The number of nitrogens with one attached hydrogen (secondary N) is 1. The van der Waals surface area contributed by atoms with E-state index < -0.39 is 5.60 Å². The summed E-state index contributed by atoms with van der Waals surface area (Å²) in [4.78, 5) is 17.2. The fourth-order valence-electron chi connectivity index (χ4n) is 2.49. The maximum atomic E-state index is 12.8. The highest BCUT2D eigenvalue weighted by atomic mass is 16.5. The summed E-state index contributed by atoms with van der Waals surface area (Å²) in [5, 5.41) is 3.87. The number of carbonyl (C=O) groups is 1. The Labute approximate surface area is 149 Å². The number of hydrogen-bond acceptors (Lipinski definition) is 4. The van der Waals surface area contributed by atoms with E-state index in [0.29, 0.717) is 19.6 Å². The summed E-state index contributed by atoms with van der Waals surface area (Å²) in [5.41, 5.74) is 0.625. The smallest absolute Gasteiger partial charge is 0.256 e. The fourth-order valence-corrected chi connectivity index (χ4v) is 2.49. The second kappa shape index (κ2) is 8.81. The molecule has 0 bridgehead atoms. The van der Waals surface area contributed by atoms with Gasteiger partial charge in [0, 0.05) is 18.2 Å². The Balaban J connectivity index is 2.30. The second-order valence-electron chi connectivity index (χ2n) is 6.25. The minimum atomic E-state index is -0.845. The molecule has 5 nitrogen and oxygen atoms in total. The monoisotopic (exact) mass is 344 g/mol. The van der Waals surface area contributed by atoms with Crippen LogP contribution in [-0.4, -0.2) is 29.7 Å². The molecule has 1 atom stereocenters. The molecule has 1 heterocycles. The van der Waals surface area contributed by atoms with Crippen LogP contribution in [0.4, 0.5) is 5.69 Å². The van der Waals surface area contributed by atoms with Crippen LogP contribution in [0.3, 0.4) is 0 Å². The van der Waals surface area contributed by atoms with Crippen LogP contribution in [0, 0.1) is 0 Å². The maximum absolute atomic E-state index is 12.8. The van der Waals surface area contributed by atoms with Crippen molar-refractivity contribution in [3.63, 3.8) is 0 Å². The van der Waals surface area contributed by atoms with E-state index in [0.717, 1.165) is 35.2 Å². The van der Waals surface area contributed by atoms with E-state index in [1.54, 1.807) is 6.20 Å². The van der Waals surface area contributed by atoms with Crippen LogP contribution >= 0.6 is 0 Å². The quantitative estimate of drug-likeness (QED) is 0.724. The highest BCUT2D eigenvalue weighted by Gasteiger charge is 2.32. The zero-order valence-electron chi connectivity index (χ0n) is 15.6. The summed E-state index contributed by atoms with van der Waals surface area (Å²) in [6, 6.07) is 7.51. The Bertz CT molecular complexity index is 717. The number of amides is 1. The Morgan fingerprint density at radius 1 is 1.16 bits per heavy atom. The Kier molecular flexibility index (Phi) is 6.76. The van der Waals surface area contributed by atoms with Gasteiger partial charge in [-0.25, -0.2) is 0 Å². The average molecular weight is 344 g/mol. The lowest BCUT2D eigenvalue weighted by molar-refractivity contribution is -0.139. The number of rotatable bonds is 9. The summed E-state index contributed by atoms with van der Waals surface area (Å²) >= 11 is 0. The van der Waals surface area contributed by atoms with Gasteiger partial charge in [-0.05, 0) is 50.5 Å². The van der Waals surface area contributed by atoms with Crippen molar-refractivity contribution in [2.45, 2.75) is 52.6 Å². The van der Waals surface area contributed by atoms with Crippen LogP contribution < -0.4 is 10.1 Å². The van der Waals surface area contributed by atoms with Crippen LogP contribution in [0.5, 0.6) is 5.75 Å². The molecule has 136 valence electrons. The largest absolute Gasteiger partial charge is 0.491 e. The van der Waals surface area contributed by atoms with Crippen molar-refractivity contribution in [3.8, 4) is 5.75 Å². The summed E-state index contributed by atoms with van der Waals surface area (Å²) in [6.07, 6.45) is 4.13. The number of hydrogen-bond donors (Lipinski definition) is 1. The van der Waals surface area contributed by atoms with Gasteiger partial charge in [-0.15, -0.1) is 0 Å². The van der Waals surface area contributed by atoms with Gasteiger partial charge in [-0.2, -0.15) is 0 Å². The van der Waals surface area contributed by atoms with Crippen LogP contribution in [0.2, 0.25) is 0 Å². The second-order valence-corrected chi connectivity index (χ2v) is 6.25. The molecular weight excluding hydrogens is 316 g/mol. The number of nitrogens with zero attached hydrogens (tertiary/aromatic N) is 1. The van der Waals surface area contributed by atoms with Gasteiger partial charge in [0.2, 0.25) is 0 Å². The van der Waals surface area contributed by atoms with Crippen molar-refractivity contribution >= 4 is 22.5 Å². The van der Waals surface area contributed by atoms with Gasteiger partial charge >= 0.3 is 0 Å². The summed E-state index contributed by atoms with van der Waals surface area (Å²) < 4.78 is 11.6. The van der Waals surface area contributed by atoms with Crippen molar-refractivity contribution < 1.29 is 14.3 Å². The van der Waals surface area contributed by atoms with E-state index in [-0.39, 0.29) is 5.91 Å². The van der Waals surface area contributed by atoms with Gasteiger partial charge in [0.1, 0.15) is 16.9 Å². The molecule has 1 N–H and O–H groups in total. The highest BCUT2D eigenvalue weighted by Crippen LogP contribution is 2.31. The number of ether oxygens (including phenoxy) is 2. The Hall–Kier alpha value is -2.14. The van der Waals surface area contributed by atoms with Gasteiger partial charge in [0.25, 0.3) is 5.91 Å². The topological polar surface area (TPSA) is 60.5 Å². The van der Waals surface area contributed by atoms with E-state index in [4.69, 9.17) is 9.47 Å². The minimum absolute atomic E-state index is 0.143. The van der Waals surface area contributed by atoms with E-state index >= 15 is 0 Å². The predicted molar refractivity (Wildman–Crippen MR) is 101 cm³/mol. The minimum Gasteiger partial charge on any atom is -0.491 e. The zero-order valence-corrected chi connectivity index (χ0v) is 15.6. The van der Waals surface area contributed by atoms with Crippen LogP contribution in [0.1, 0.15) is 47.0 Å². The number of carbonyl (C=O) groups excluding carboxylic acids is 1. The third-order valence-electron chi connectivity index (χ3n) is 4.22. The molecule has 0 aliphatic heterocycles. The normalized spacial score (nSPS) is 13.4. The molecule has 2 aromatic rings. The molecular formula is C20H28N2O3. The molecule has 5 heteroatoms. The van der Waals surface area contributed by atoms with Gasteiger partial charge in [0.15, 0.2) is 0 Å². The van der Waals surface area contributed by atoms with Gasteiger partial charge in [-0.1, -0.05) is 20.8 Å². The molecule has 0 saturated carbocycles. The molecule has 0 radical (unpaired) electrons. The number of pyridine rings is 1. The van der Waals surface area contributed by atoms with Gasteiger partial charge < -0.3 is 14.8 Å². The van der Waals surface area contributed by atoms with Crippen molar-refractivity contribution in [1.82, 2.24) is 4.98 Å². The number of aromatic nitrogens is 1. The first kappa shape index (κ1) is 19.2. The first-order valence-corrected chi connectivity index (χ1v) is 9.01. The molecule has 25 heavy (non-hydrogen) atoms. The van der Waals surface area contributed by atoms with E-state index in [9.17, 15) is 4.79 Å². The fraction of sp³-hybridized carbons (Fsp3) is 0.500. The molecule has 1 aromatic heterocycles. The van der Waals surface area contributed by atoms with Crippen molar-refractivity contribution in [1.29, 1.82) is 0 Å². The Morgan fingerprint density at radius 2 is 1.92 bits per heavy atom. The van der Waals surface area contributed by atoms with Crippen LogP contribution in [0.25, 0.3) is 10.9 Å². The molecule has 0 fully saturated rings. The number of benzene rings is 1. The lowest BCUT2D eigenvalue weighted by Crippen LogP contribution is -2.42. The standard InChI is InChI=1S/C20H28N2O3/c1-5-13-24-17-11-10-16(15-9-8-12-21-18(15)17)22-19(23)20(4,7-3)25-14-6-2/h8-12H,5-7,13-14H2,1-4H3,(H,22,23). The molecule has 1 unspecified atom stereocenters. The molecule has 0 spiro atoms. The SMILES string of the molecule is CCCOc1ccc(NC(=O)C(C)(CC)OCCC)c2cccnc12. The highest BCUT2D eigenvalue weighted by molar-refractivity contribution is 6.05. The third-order valence-corrected chi connectivity index (χ3v) is 4.22. The summed E-state index contributed by atoms with van der Waals surface area (Å²) in [7, 11) is 0. The number of fused-ring (bicyclic) bond motifs is 1. The van der Waals surface area contributed by atoms with Crippen molar-refractivity contribution in [2.24, 2.45) is 0 Å². The van der Waals surface area contributed by atoms with E-state index in [2.05, 4.69) is 17.2 Å². The number of anilines is 1. The van der Waals surface area contributed by atoms with Crippen LogP contribution in [-0.2, 0) is 9.53 Å². The van der Waals surface area contributed by atoms with Crippen molar-refractivity contribution in [2.75, 3.05) is 18.5 Å². The maximum Gasteiger partial charge on any atom is 0.256 e. The third kappa shape index (κ3) is 4.48. The van der Waals surface area contributed by atoms with E-state index in [1.807, 2.05) is 45.0 Å². The molecule has 2 rings (SSSR count). The first-order chi connectivity index (χ1) is 12.1. The molecule has 1 aromatic carbocycles. The van der Waals surface area contributed by atoms with Gasteiger partial charge in [-0.3, -0.25) is 9.78 Å². The summed E-state index contributed by atoms with van der Waals surface area (Å²) in [5.74, 6) is 0.590. The molecule has 0 aliphatic carbocycles.